The lowest BCUT2D eigenvalue weighted by Crippen LogP contribution is -2.03. The highest BCUT2D eigenvalue weighted by atomic mass is 19.4. The topological polar surface area (TPSA) is 26.0 Å². The van der Waals surface area contributed by atoms with Crippen molar-refractivity contribution >= 4 is 11.1 Å². The van der Waals surface area contributed by atoms with Crippen LogP contribution in [0.15, 0.2) is 71.1 Å². The number of oxazole rings is 1. The fourth-order valence-electron chi connectivity index (χ4n) is 2.70. The van der Waals surface area contributed by atoms with Gasteiger partial charge in [0.25, 0.3) is 0 Å². The van der Waals surface area contributed by atoms with Gasteiger partial charge in [0.2, 0.25) is 5.89 Å². The van der Waals surface area contributed by atoms with E-state index in [9.17, 15) is 17.6 Å². The molecule has 6 heteroatoms. The molecule has 0 fully saturated rings. The van der Waals surface area contributed by atoms with Crippen LogP contribution in [0.5, 0.6) is 0 Å². The van der Waals surface area contributed by atoms with E-state index >= 15 is 0 Å². The molecule has 26 heavy (non-hydrogen) atoms. The second-order valence-electron chi connectivity index (χ2n) is 5.79. The Bertz CT molecular complexity index is 1080. The first-order chi connectivity index (χ1) is 12.4. The van der Waals surface area contributed by atoms with Crippen LogP contribution in [0.3, 0.4) is 0 Å². The predicted octanol–water partition coefficient (Wildman–Crippen LogP) is 6.32. The summed E-state index contributed by atoms with van der Waals surface area (Å²) in [6.07, 6.45) is -4.37. The van der Waals surface area contributed by atoms with Crippen LogP contribution in [0.4, 0.5) is 17.6 Å². The number of nitrogens with zero attached hydrogens (tertiary/aromatic N) is 1. The van der Waals surface area contributed by atoms with Crippen LogP contribution in [-0.2, 0) is 6.18 Å². The summed E-state index contributed by atoms with van der Waals surface area (Å²) in [5, 5.41) is 0. The Kier molecular flexibility index (Phi) is 3.76. The number of fused-ring (bicyclic) bond motifs is 1. The van der Waals surface area contributed by atoms with Crippen LogP contribution >= 0.6 is 0 Å². The standard InChI is InChI=1S/C20H11F4NO/c21-16-3-1-2-14(10-16)19-25-17-9-6-13(11-18(17)26-19)12-4-7-15(8-5-12)20(22,23)24/h1-11H. The van der Waals surface area contributed by atoms with Gasteiger partial charge in [0.15, 0.2) is 5.58 Å². The molecule has 0 saturated carbocycles. The number of aromatic nitrogens is 1. The van der Waals surface area contributed by atoms with Gasteiger partial charge in [-0.05, 0) is 53.6 Å². The molecule has 3 aromatic carbocycles. The van der Waals surface area contributed by atoms with Crippen LogP contribution in [0.25, 0.3) is 33.7 Å². The molecule has 130 valence electrons. The Balaban J connectivity index is 1.72. The van der Waals surface area contributed by atoms with Crippen molar-refractivity contribution < 1.29 is 22.0 Å². The van der Waals surface area contributed by atoms with Crippen LogP contribution < -0.4 is 0 Å². The summed E-state index contributed by atoms with van der Waals surface area (Å²) in [6, 6.07) is 16.0. The fraction of sp³-hybridized carbons (Fsp3) is 0.0500. The van der Waals surface area contributed by atoms with Gasteiger partial charge in [-0.15, -0.1) is 0 Å². The van der Waals surface area contributed by atoms with Gasteiger partial charge in [0.1, 0.15) is 11.3 Å². The molecule has 0 saturated heterocycles. The Hall–Kier alpha value is -3.15. The third-order valence-electron chi connectivity index (χ3n) is 4.01. The molecule has 0 aliphatic heterocycles. The van der Waals surface area contributed by atoms with Gasteiger partial charge in [0.05, 0.1) is 5.56 Å². The summed E-state index contributed by atoms with van der Waals surface area (Å²) >= 11 is 0. The highest BCUT2D eigenvalue weighted by Crippen LogP contribution is 2.32. The minimum Gasteiger partial charge on any atom is -0.436 e. The summed E-state index contributed by atoms with van der Waals surface area (Å²) in [6.45, 7) is 0. The molecule has 0 atom stereocenters. The molecular weight excluding hydrogens is 346 g/mol. The van der Waals surface area contributed by atoms with Crippen LogP contribution in [0.2, 0.25) is 0 Å². The molecule has 1 heterocycles. The highest BCUT2D eigenvalue weighted by Gasteiger charge is 2.29. The number of rotatable bonds is 2. The summed E-state index contributed by atoms with van der Waals surface area (Å²) < 4.78 is 57.1. The molecule has 0 spiro atoms. The molecule has 0 amide bonds. The summed E-state index contributed by atoms with van der Waals surface area (Å²) in [5.74, 6) is -0.112. The van der Waals surface area contributed by atoms with Crippen molar-refractivity contribution in [3.05, 3.63) is 78.1 Å². The molecule has 4 rings (SSSR count). The van der Waals surface area contributed by atoms with E-state index in [1.165, 1.54) is 24.3 Å². The lowest BCUT2D eigenvalue weighted by Gasteiger charge is -2.07. The van der Waals surface area contributed by atoms with Crippen molar-refractivity contribution in [3.63, 3.8) is 0 Å². The van der Waals surface area contributed by atoms with E-state index in [1.807, 2.05) is 0 Å². The molecule has 2 nitrogen and oxygen atoms in total. The Labute approximate surface area is 145 Å². The third kappa shape index (κ3) is 3.06. The number of hydrogen-bond donors (Lipinski definition) is 0. The molecule has 0 N–H and O–H groups in total. The molecule has 0 unspecified atom stereocenters. The van der Waals surface area contributed by atoms with Crippen molar-refractivity contribution in [2.24, 2.45) is 0 Å². The molecule has 0 bridgehead atoms. The van der Waals surface area contributed by atoms with Crippen LogP contribution in [0.1, 0.15) is 5.56 Å². The Morgan fingerprint density at radius 3 is 2.19 bits per heavy atom. The van der Waals surface area contributed by atoms with Crippen molar-refractivity contribution in [2.75, 3.05) is 0 Å². The quantitative estimate of drug-likeness (QED) is 0.392. The third-order valence-corrected chi connectivity index (χ3v) is 4.01. The minimum atomic E-state index is -4.37. The summed E-state index contributed by atoms with van der Waals surface area (Å²) in [5.41, 5.74) is 2.20. The number of halogens is 4. The normalized spacial score (nSPS) is 11.8. The van der Waals surface area contributed by atoms with Crippen molar-refractivity contribution in [2.45, 2.75) is 6.18 Å². The van der Waals surface area contributed by atoms with Gasteiger partial charge in [-0.1, -0.05) is 24.3 Å². The zero-order valence-electron chi connectivity index (χ0n) is 13.2. The van der Waals surface area contributed by atoms with Gasteiger partial charge in [-0.2, -0.15) is 13.2 Å². The molecular formula is C20H11F4NO. The zero-order valence-corrected chi connectivity index (χ0v) is 13.2. The number of hydrogen-bond acceptors (Lipinski definition) is 2. The smallest absolute Gasteiger partial charge is 0.416 e. The first-order valence-electron chi connectivity index (χ1n) is 7.74. The van der Waals surface area contributed by atoms with E-state index in [2.05, 4.69) is 4.98 Å². The van der Waals surface area contributed by atoms with Crippen molar-refractivity contribution in [1.29, 1.82) is 0 Å². The van der Waals surface area contributed by atoms with Gasteiger partial charge >= 0.3 is 6.18 Å². The van der Waals surface area contributed by atoms with Gasteiger partial charge in [0, 0.05) is 5.56 Å². The van der Waals surface area contributed by atoms with E-state index in [0.717, 1.165) is 12.1 Å². The molecule has 4 aromatic rings. The van der Waals surface area contributed by atoms with E-state index in [1.54, 1.807) is 30.3 Å². The van der Waals surface area contributed by atoms with Crippen molar-refractivity contribution in [3.8, 4) is 22.6 Å². The first kappa shape index (κ1) is 16.3. The van der Waals surface area contributed by atoms with Gasteiger partial charge in [-0.3, -0.25) is 0 Å². The molecule has 0 aliphatic carbocycles. The predicted molar refractivity (Wildman–Crippen MR) is 89.8 cm³/mol. The van der Waals surface area contributed by atoms with E-state index < -0.39 is 17.6 Å². The number of benzene rings is 3. The average molecular weight is 357 g/mol. The average Bonchev–Trinajstić information content (AvgIpc) is 3.04. The molecule has 1 aromatic heterocycles. The first-order valence-corrected chi connectivity index (χ1v) is 7.74. The van der Waals surface area contributed by atoms with E-state index in [4.69, 9.17) is 4.42 Å². The highest BCUT2D eigenvalue weighted by molar-refractivity contribution is 5.82. The van der Waals surface area contributed by atoms with E-state index in [0.29, 0.717) is 27.8 Å². The Morgan fingerprint density at radius 1 is 0.769 bits per heavy atom. The van der Waals surface area contributed by atoms with Crippen LogP contribution in [0, 0.1) is 5.82 Å². The summed E-state index contributed by atoms with van der Waals surface area (Å²) in [7, 11) is 0. The van der Waals surface area contributed by atoms with E-state index in [-0.39, 0.29) is 5.89 Å². The van der Waals surface area contributed by atoms with Gasteiger partial charge in [-0.25, -0.2) is 9.37 Å². The van der Waals surface area contributed by atoms with Gasteiger partial charge < -0.3 is 4.42 Å². The zero-order chi connectivity index (χ0) is 18.3. The molecule has 0 aliphatic rings. The number of alkyl halides is 3. The van der Waals surface area contributed by atoms with Crippen molar-refractivity contribution in [1.82, 2.24) is 4.98 Å². The summed E-state index contributed by atoms with van der Waals surface area (Å²) in [4.78, 5) is 4.32. The second kappa shape index (κ2) is 5.98. The fourth-order valence-corrected chi connectivity index (χ4v) is 2.70. The molecule has 0 radical (unpaired) electrons. The SMILES string of the molecule is Fc1cccc(-c2nc3ccc(-c4ccc(C(F)(F)F)cc4)cc3o2)c1. The second-order valence-corrected chi connectivity index (χ2v) is 5.79. The lowest BCUT2D eigenvalue weighted by molar-refractivity contribution is -0.137. The van der Waals surface area contributed by atoms with Crippen LogP contribution in [-0.4, -0.2) is 4.98 Å². The maximum atomic E-state index is 13.4. The lowest BCUT2D eigenvalue weighted by atomic mass is 10.0. The minimum absolute atomic E-state index is 0.282. The largest absolute Gasteiger partial charge is 0.436 e. The monoisotopic (exact) mass is 357 g/mol. The maximum Gasteiger partial charge on any atom is 0.416 e. The maximum absolute atomic E-state index is 13.4. The Morgan fingerprint density at radius 2 is 1.50 bits per heavy atom.